The topological polar surface area (TPSA) is 17.1 Å². The highest BCUT2D eigenvalue weighted by Gasteiger charge is 2.09. The molecule has 0 bridgehead atoms. The SMILES string of the molecule is CCCCC(=O)c1ccccc1/C=C(\C)c1ccccc1. The minimum Gasteiger partial charge on any atom is -0.294 e. The second-order valence-electron chi connectivity index (χ2n) is 5.31. The standard InChI is InChI=1S/C20H22O/c1-3-4-14-20(21)19-13-9-8-12-18(19)15-16(2)17-10-6-5-7-11-17/h5-13,15H,3-4,14H2,1-2H3/b16-15+. The van der Waals surface area contributed by atoms with Crippen LogP contribution in [0.25, 0.3) is 11.6 Å². The van der Waals surface area contributed by atoms with Gasteiger partial charge in [-0.15, -0.1) is 0 Å². The van der Waals surface area contributed by atoms with Crippen molar-refractivity contribution >= 4 is 17.4 Å². The summed E-state index contributed by atoms with van der Waals surface area (Å²) in [5, 5.41) is 0. The van der Waals surface area contributed by atoms with Crippen LogP contribution in [0.4, 0.5) is 0 Å². The van der Waals surface area contributed by atoms with Gasteiger partial charge in [-0.1, -0.05) is 74.0 Å². The van der Waals surface area contributed by atoms with Crippen molar-refractivity contribution in [2.24, 2.45) is 0 Å². The van der Waals surface area contributed by atoms with Gasteiger partial charge in [-0.25, -0.2) is 0 Å². The van der Waals surface area contributed by atoms with Crippen molar-refractivity contribution in [3.8, 4) is 0 Å². The molecular weight excluding hydrogens is 256 g/mol. The molecule has 1 nitrogen and oxygen atoms in total. The summed E-state index contributed by atoms with van der Waals surface area (Å²) in [6.07, 6.45) is 4.74. The van der Waals surface area contributed by atoms with Crippen LogP contribution in [-0.2, 0) is 0 Å². The lowest BCUT2D eigenvalue weighted by molar-refractivity contribution is 0.0979. The number of rotatable bonds is 6. The number of Topliss-reactive ketones (excluding diaryl/α,β-unsaturated/α-hetero) is 1. The zero-order valence-corrected chi connectivity index (χ0v) is 12.8. The quantitative estimate of drug-likeness (QED) is 0.495. The van der Waals surface area contributed by atoms with Gasteiger partial charge in [0.05, 0.1) is 0 Å². The summed E-state index contributed by atoms with van der Waals surface area (Å²) < 4.78 is 0. The minimum absolute atomic E-state index is 0.240. The maximum atomic E-state index is 12.3. The molecule has 0 saturated heterocycles. The second-order valence-corrected chi connectivity index (χ2v) is 5.31. The van der Waals surface area contributed by atoms with E-state index in [1.807, 2.05) is 42.5 Å². The number of benzene rings is 2. The number of carbonyl (C=O) groups is 1. The van der Waals surface area contributed by atoms with Crippen LogP contribution in [0, 0.1) is 0 Å². The minimum atomic E-state index is 0.240. The van der Waals surface area contributed by atoms with Gasteiger partial charge in [-0.3, -0.25) is 4.79 Å². The Morgan fingerprint density at radius 1 is 1.00 bits per heavy atom. The number of ketones is 1. The van der Waals surface area contributed by atoms with Gasteiger partial charge in [0.15, 0.2) is 5.78 Å². The molecule has 0 saturated carbocycles. The van der Waals surface area contributed by atoms with Crippen molar-refractivity contribution in [1.29, 1.82) is 0 Å². The molecule has 0 unspecified atom stereocenters. The van der Waals surface area contributed by atoms with Crippen LogP contribution in [0.2, 0.25) is 0 Å². The van der Waals surface area contributed by atoms with Gasteiger partial charge in [0, 0.05) is 12.0 Å². The molecule has 2 rings (SSSR count). The van der Waals surface area contributed by atoms with E-state index in [0.29, 0.717) is 6.42 Å². The van der Waals surface area contributed by atoms with Crippen LogP contribution in [0.3, 0.4) is 0 Å². The van der Waals surface area contributed by atoms with Gasteiger partial charge in [-0.2, -0.15) is 0 Å². The molecule has 0 fully saturated rings. The van der Waals surface area contributed by atoms with E-state index in [4.69, 9.17) is 0 Å². The summed E-state index contributed by atoms with van der Waals surface area (Å²) in [6.45, 7) is 4.20. The Morgan fingerprint density at radius 3 is 2.38 bits per heavy atom. The molecule has 108 valence electrons. The number of hydrogen-bond acceptors (Lipinski definition) is 1. The number of unbranched alkanes of at least 4 members (excludes halogenated alkanes) is 1. The molecule has 0 N–H and O–H groups in total. The molecule has 0 spiro atoms. The third-order valence-corrected chi connectivity index (χ3v) is 3.62. The van der Waals surface area contributed by atoms with E-state index < -0.39 is 0 Å². The third-order valence-electron chi connectivity index (χ3n) is 3.62. The lowest BCUT2D eigenvalue weighted by Crippen LogP contribution is -2.01. The maximum absolute atomic E-state index is 12.3. The van der Waals surface area contributed by atoms with Gasteiger partial charge < -0.3 is 0 Å². The molecule has 2 aromatic carbocycles. The van der Waals surface area contributed by atoms with Gasteiger partial charge in [-0.05, 0) is 30.0 Å². The van der Waals surface area contributed by atoms with Gasteiger partial charge in [0.25, 0.3) is 0 Å². The first-order valence-electron chi connectivity index (χ1n) is 7.58. The van der Waals surface area contributed by atoms with Gasteiger partial charge in [0.2, 0.25) is 0 Å². The third kappa shape index (κ3) is 4.16. The van der Waals surface area contributed by atoms with Crippen molar-refractivity contribution in [2.75, 3.05) is 0 Å². The van der Waals surface area contributed by atoms with Crippen molar-refractivity contribution in [1.82, 2.24) is 0 Å². The summed E-state index contributed by atoms with van der Waals surface area (Å²) in [5.41, 5.74) is 4.21. The lowest BCUT2D eigenvalue weighted by Gasteiger charge is -2.07. The van der Waals surface area contributed by atoms with E-state index in [1.165, 1.54) is 11.1 Å². The molecule has 0 heterocycles. The molecule has 21 heavy (non-hydrogen) atoms. The highest BCUT2D eigenvalue weighted by Crippen LogP contribution is 2.21. The van der Waals surface area contributed by atoms with E-state index in [0.717, 1.165) is 24.0 Å². The van der Waals surface area contributed by atoms with E-state index in [9.17, 15) is 4.79 Å². The molecule has 0 aliphatic rings. The fourth-order valence-electron chi connectivity index (χ4n) is 2.37. The van der Waals surface area contributed by atoms with Gasteiger partial charge in [0.1, 0.15) is 0 Å². The highest BCUT2D eigenvalue weighted by atomic mass is 16.1. The normalized spacial score (nSPS) is 11.4. The van der Waals surface area contributed by atoms with Crippen molar-refractivity contribution < 1.29 is 4.79 Å². The molecule has 0 aromatic heterocycles. The Bertz CT molecular complexity index is 623. The Kier molecular flexibility index (Phi) is 5.51. The molecule has 0 aliphatic heterocycles. The van der Waals surface area contributed by atoms with Crippen molar-refractivity contribution in [3.05, 3.63) is 71.3 Å². The molecule has 0 amide bonds. The highest BCUT2D eigenvalue weighted by molar-refractivity contribution is 6.00. The molecule has 0 atom stereocenters. The number of carbonyl (C=O) groups excluding carboxylic acids is 1. The van der Waals surface area contributed by atoms with Gasteiger partial charge >= 0.3 is 0 Å². The Balaban J connectivity index is 2.30. The Hall–Kier alpha value is -2.15. The van der Waals surface area contributed by atoms with Crippen LogP contribution in [0.1, 0.15) is 54.6 Å². The lowest BCUT2D eigenvalue weighted by atomic mass is 9.97. The van der Waals surface area contributed by atoms with Crippen LogP contribution >= 0.6 is 0 Å². The number of hydrogen-bond donors (Lipinski definition) is 0. The largest absolute Gasteiger partial charge is 0.294 e. The molecule has 0 aliphatic carbocycles. The summed E-state index contributed by atoms with van der Waals surface area (Å²) in [7, 11) is 0. The predicted octanol–water partition coefficient (Wildman–Crippen LogP) is 5.62. The van der Waals surface area contributed by atoms with Crippen LogP contribution in [-0.4, -0.2) is 5.78 Å². The van der Waals surface area contributed by atoms with Crippen LogP contribution in [0.15, 0.2) is 54.6 Å². The summed E-state index contributed by atoms with van der Waals surface area (Å²) in [5.74, 6) is 0.240. The van der Waals surface area contributed by atoms with Crippen LogP contribution in [0.5, 0.6) is 0 Å². The second kappa shape index (κ2) is 7.58. The Labute approximate surface area is 127 Å². The Morgan fingerprint density at radius 2 is 1.67 bits per heavy atom. The fraction of sp³-hybridized carbons (Fsp3) is 0.250. The molecule has 2 aromatic rings. The maximum Gasteiger partial charge on any atom is 0.163 e. The predicted molar refractivity (Wildman–Crippen MR) is 90.3 cm³/mol. The van der Waals surface area contributed by atoms with E-state index in [2.05, 4.69) is 32.1 Å². The number of allylic oxidation sites excluding steroid dienone is 1. The molecular formula is C20H22O. The van der Waals surface area contributed by atoms with Crippen LogP contribution < -0.4 is 0 Å². The van der Waals surface area contributed by atoms with Crippen molar-refractivity contribution in [3.63, 3.8) is 0 Å². The summed E-state index contributed by atoms with van der Waals surface area (Å²) in [4.78, 5) is 12.3. The molecule has 1 heteroatoms. The fourth-order valence-corrected chi connectivity index (χ4v) is 2.37. The summed E-state index contributed by atoms with van der Waals surface area (Å²) >= 11 is 0. The zero-order valence-electron chi connectivity index (χ0n) is 12.8. The first kappa shape index (κ1) is 15.2. The monoisotopic (exact) mass is 278 g/mol. The first-order chi connectivity index (χ1) is 10.2. The zero-order chi connectivity index (χ0) is 15.1. The van der Waals surface area contributed by atoms with E-state index >= 15 is 0 Å². The van der Waals surface area contributed by atoms with Crippen molar-refractivity contribution in [2.45, 2.75) is 33.1 Å². The summed E-state index contributed by atoms with van der Waals surface area (Å²) in [6, 6.07) is 18.1. The van der Waals surface area contributed by atoms with E-state index in [1.54, 1.807) is 0 Å². The smallest absolute Gasteiger partial charge is 0.163 e. The van der Waals surface area contributed by atoms with E-state index in [-0.39, 0.29) is 5.78 Å². The average Bonchev–Trinajstić information content (AvgIpc) is 2.54. The molecule has 0 radical (unpaired) electrons. The average molecular weight is 278 g/mol. The first-order valence-corrected chi connectivity index (χ1v) is 7.58.